The summed E-state index contributed by atoms with van der Waals surface area (Å²) >= 11 is 0. The van der Waals surface area contributed by atoms with E-state index in [0.717, 1.165) is 92.2 Å². The minimum Gasteiger partial charge on any atom is -0.356 e. The van der Waals surface area contributed by atoms with Crippen molar-refractivity contribution in [2.45, 2.75) is 51.2 Å². The number of carbonyl (C=O) groups excluding carboxylic acids is 2. The van der Waals surface area contributed by atoms with Gasteiger partial charge >= 0.3 is 0 Å². The van der Waals surface area contributed by atoms with E-state index in [-0.39, 0.29) is 23.9 Å². The van der Waals surface area contributed by atoms with E-state index in [1.165, 1.54) is 5.56 Å². The van der Waals surface area contributed by atoms with Crippen LogP contribution < -0.4 is 15.5 Å². The molecule has 0 aliphatic carbocycles. The number of rotatable bonds is 9. The Morgan fingerprint density at radius 3 is 2.14 bits per heavy atom. The van der Waals surface area contributed by atoms with E-state index in [1.807, 2.05) is 86.0 Å². The molecule has 2 aliphatic heterocycles. The zero-order chi connectivity index (χ0) is 34.3. The highest BCUT2D eigenvalue weighted by atomic mass is 16.2. The highest BCUT2D eigenvalue weighted by molar-refractivity contribution is 5.96. The number of piperidine rings is 2. The molecule has 5 heterocycles. The Labute approximate surface area is 293 Å². The van der Waals surface area contributed by atoms with Crippen LogP contribution in [0.1, 0.15) is 57.5 Å². The van der Waals surface area contributed by atoms with Gasteiger partial charge in [-0.2, -0.15) is 10.2 Å². The maximum Gasteiger partial charge on any atom is 0.251 e. The molecule has 2 saturated heterocycles. The number of nitrogens with zero attached hydrogens (tertiary/aromatic N) is 6. The van der Waals surface area contributed by atoms with E-state index in [1.54, 1.807) is 12.4 Å². The molecule has 3 aromatic heterocycles. The van der Waals surface area contributed by atoms with Crippen molar-refractivity contribution in [2.75, 3.05) is 31.1 Å². The van der Waals surface area contributed by atoms with E-state index in [2.05, 4.69) is 47.7 Å². The highest BCUT2D eigenvalue weighted by Gasteiger charge is 2.24. The smallest absolute Gasteiger partial charge is 0.251 e. The molecule has 0 spiro atoms. The fourth-order valence-corrected chi connectivity index (χ4v) is 6.84. The average molecular weight is 667 g/mol. The third kappa shape index (κ3) is 8.03. The van der Waals surface area contributed by atoms with Crippen LogP contribution in [0.5, 0.6) is 0 Å². The van der Waals surface area contributed by atoms with Crippen molar-refractivity contribution < 1.29 is 9.59 Å². The number of benzene rings is 2. The third-order valence-corrected chi connectivity index (χ3v) is 9.76. The third-order valence-electron chi connectivity index (χ3n) is 9.76. The normalized spacial score (nSPS) is 15.8. The standard InChI is InChI=1S/C40H42N8O2/c1-28-9-11-32(24-36(28)37-8-4-18-43-46-37)40(50)44-34-13-19-47(20-14-34)27-29-10-12-38(42-25-29)48-21-15-35(16-22-48)45-39(49)31-6-2-5-30(23-31)33-7-3-17-41-26-33/h2-12,17-18,23-26,34-35H,13-16,19-22,27H2,1H3,(H,44,50)(H,45,49). The van der Waals surface area contributed by atoms with E-state index >= 15 is 0 Å². The van der Waals surface area contributed by atoms with Crippen LogP contribution >= 0.6 is 0 Å². The lowest BCUT2D eigenvalue weighted by atomic mass is 10.0. The highest BCUT2D eigenvalue weighted by Crippen LogP contribution is 2.24. The number of amides is 2. The second-order valence-corrected chi connectivity index (χ2v) is 13.2. The van der Waals surface area contributed by atoms with Gasteiger partial charge < -0.3 is 15.5 Å². The molecule has 10 heteroatoms. The summed E-state index contributed by atoms with van der Waals surface area (Å²) in [6, 6.07) is 25.7. The molecule has 0 bridgehead atoms. The van der Waals surface area contributed by atoms with Gasteiger partial charge in [0.2, 0.25) is 0 Å². The van der Waals surface area contributed by atoms with E-state index < -0.39 is 0 Å². The number of nitrogens with one attached hydrogen (secondary N) is 2. The molecule has 2 aromatic carbocycles. The van der Waals surface area contributed by atoms with Crippen molar-refractivity contribution in [1.82, 2.24) is 35.7 Å². The first-order chi connectivity index (χ1) is 24.5. The minimum atomic E-state index is -0.0497. The summed E-state index contributed by atoms with van der Waals surface area (Å²) in [6.45, 7) is 6.37. The molecule has 0 atom stereocenters. The Hall–Kier alpha value is -5.48. The maximum atomic E-state index is 13.1. The SMILES string of the molecule is Cc1ccc(C(=O)NC2CCN(Cc3ccc(N4CCC(NC(=O)c5cccc(-c6cccnc6)c5)CC4)nc3)CC2)cc1-c1cccnn1. The fourth-order valence-electron chi connectivity index (χ4n) is 6.84. The lowest BCUT2D eigenvalue weighted by Gasteiger charge is -2.34. The van der Waals surface area contributed by atoms with Crippen LogP contribution in [0.25, 0.3) is 22.4 Å². The Bertz CT molecular complexity index is 1900. The molecule has 10 nitrogen and oxygen atoms in total. The van der Waals surface area contributed by atoms with Gasteiger partial charge in [0, 0.05) is 91.8 Å². The minimum absolute atomic E-state index is 0.0393. The summed E-state index contributed by atoms with van der Waals surface area (Å²) < 4.78 is 0. The van der Waals surface area contributed by atoms with Crippen molar-refractivity contribution in [3.63, 3.8) is 0 Å². The molecule has 2 fully saturated rings. The molecule has 0 unspecified atom stereocenters. The Kier molecular flexibility index (Phi) is 10.2. The summed E-state index contributed by atoms with van der Waals surface area (Å²) in [5.41, 5.74) is 7.21. The van der Waals surface area contributed by atoms with Crippen molar-refractivity contribution in [1.29, 1.82) is 0 Å². The van der Waals surface area contributed by atoms with Crippen LogP contribution in [-0.2, 0) is 6.54 Å². The number of likely N-dealkylation sites (tertiary alicyclic amines) is 1. The van der Waals surface area contributed by atoms with Crippen LogP contribution in [0.3, 0.4) is 0 Å². The molecule has 2 N–H and O–H groups in total. The Morgan fingerprint density at radius 2 is 1.46 bits per heavy atom. The Morgan fingerprint density at radius 1 is 0.740 bits per heavy atom. The fraction of sp³-hybridized carbons (Fsp3) is 0.300. The van der Waals surface area contributed by atoms with Gasteiger partial charge in [0.05, 0.1) is 5.69 Å². The van der Waals surface area contributed by atoms with Gasteiger partial charge in [-0.1, -0.05) is 30.3 Å². The molecule has 254 valence electrons. The summed E-state index contributed by atoms with van der Waals surface area (Å²) in [4.78, 5) is 39.9. The summed E-state index contributed by atoms with van der Waals surface area (Å²) in [7, 11) is 0. The number of anilines is 1. The van der Waals surface area contributed by atoms with Crippen molar-refractivity contribution in [2.24, 2.45) is 0 Å². The molecular formula is C40H42N8O2. The lowest BCUT2D eigenvalue weighted by molar-refractivity contribution is 0.0906. The molecule has 7 rings (SSSR count). The van der Waals surface area contributed by atoms with Crippen molar-refractivity contribution in [3.8, 4) is 22.4 Å². The molecule has 2 aliphatic rings. The molecule has 0 radical (unpaired) electrons. The number of hydrogen-bond acceptors (Lipinski definition) is 8. The van der Waals surface area contributed by atoms with Gasteiger partial charge in [-0.3, -0.25) is 19.5 Å². The molecule has 5 aromatic rings. The van der Waals surface area contributed by atoms with Gasteiger partial charge in [-0.15, -0.1) is 0 Å². The second kappa shape index (κ2) is 15.4. The summed E-state index contributed by atoms with van der Waals surface area (Å²) in [5, 5.41) is 14.7. The van der Waals surface area contributed by atoms with Crippen molar-refractivity contribution in [3.05, 3.63) is 126 Å². The largest absolute Gasteiger partial charge is 0.356 e. The first-order valence-electron chi connectivity index (χ1n) is 17.4. The molecule has 2 amide bonds. The number of pyridine rings is 2. The average Bonchev–Trinajstić information content (AvgIpc) is 3.17. The zero-order valence-electron chi connectivity index (χ0n) is 28.3. The van der Waals surface area contributed by atoms with Crippen LogP contribution in [0.2, 0.25) is 0 Å². The van der Waals surface area contributed by atoms with Crippen LogP contribution in [0.4, 0.5) is 5.82 Å². The van der Waals surface area contributed by atoms with Gasteiger partial charge in [0.25, 0.3) is 11.8 Å². The van der Waals surface area contributed by atoms with Gasteiger partial charge in [0.1, 0.15) is 5.82 Å². The number of aromatic nitrogens is 4. The van der Waals surface area contributed by atoms with E-state index in [0.29, 0.717) is 11.1 Å². The molecule has 50 heavy (non-hydrogen) atoms. The maximum absolute atomic E-state index is 13.1. The zero-order valence-corrected chi connectivity index (χ0v) is 28.3. The summed E-state index contributed by atoms with van der Waals surface area (Å²) in [5.74, 6) is 0.886. The Balaban J connectivity index is 0.847. The second-order valence-electron chi connectivity index (χ2n) is 13.2. The number of hydrogen-bond donors (Lipinski definition) is 2. The lowest BCUT2D eigenvalue weighted by Crippen LogP contribution is -2.45. The van der Waals surface area contributed by atoms with Gasteiger partial charge in [0.15, 0.2) is 0 Å². The van der Waals surface area contributed by atoms with Gasteiger partial charge in [-0.05, 0) is 97.8 Å². The predicted octanol–water partition coefficient (Wildman–Crippen LogP) is 5.70. The van der Waals surface area contributed by atoms with Crippen LogP contribution in [0, 0.1) is 6.92 Å². The number of aryl methyl sites for hydroxylation is 1. The molecule has 0 saturated carbocycles. The van der Waals surface area contributed by atoms with E-state index in [4.69, 9.17) is 4.98 Å². The quantitative estimate of drug-likeness (QED) is 0.206. The first-order valence-corrected chi connectivity index (χ1v) is 17.4. The summed E-state index contributed by atoms with van der Waals surface area (Å²) in [6.07, 6.45) is 10.7. The monoisotopic (exact) mass is 666 g/mol. The first kappa shape index (κ1) is 33.0. The topological polar surface area (TPSA) is 116 Å². The number of carbonyl (C=O) groups is 2. The van der Waals surface area contributed by atoms with E-state index in [9.17, 15) is 9.59 Å². The van der Waals surface area contributed by atoms with Crippen molar-refractivity contribution >= 4 is 17.6 Å². The van der Waals surface area contributed by atoms with Crippen LogP contribution in [-0.4, -0.2) is 75.1 Å². The predicted molar refractivity (Wildman–Crippen MR) is 195 cm³/mol. The van der Waals surface area contributed by atoms with Crippen LogP contribution in [0.15, 0.2) is 104 Å². The van der Waals surface area contributed by atoms with Gasteiger partial charge in [-0.25, -0.2) is 4.98 Å². The molecular weight excluding hydrogens is 624 g/mol.